The van der Waals surface area contributed by atoms with Crippen molar-refractivity contribution in [3.05, 3.63) is 65.2 Å². The van der Waals surface area contributed by atoms with Crippen LogP contribution >= 0.6 is 0 Å². The van der Waals surface area contributed by atoms with Gasteiger partial charge < -0.3 is 10.1 Å². The molecule has 0 unspecified atom stereocenters. The number of benzene rings is 2. The van der Waals surface area contributed by atoms with Crippen LogP contribution in [0.5, 0.6) is 5.75 Å². The van der Waals surface area contributed by atoms with E-state index in [1.807, 2.05) is 55.5 Å². The minimum absolute atomic E-state index is 0.173. The Morgan fingerprint density at radius 2 is 1.81 bits per heavy atom. The van der Waals surface area contributed by atoms with E-state index in [9.17, 15) is 13.2 Å². The highest BCUT2D eigenvalue weighted by Crippen LogP contribution is 2.12. The van der Waals surface area contributed by atoms with Crippen LogP contribution in [0, 0.1) is 6.92 Å². The maximum Gasteiger partial charge on any atom is 0.235 e. The Morgan fingerprint density at radius 1 is 1.11 bits per heavy atom. The molecular formula is C20H26N2O4S. The van der Waals surface area contributed by atoms with E-state index in [2.05, 4.69) is 5.32 Å². The Morgan fingerprint density at radius 3 is 2.41 bits per heavy atom. The molecule has 0 atom stereocenters. The fourth-order valence-corrected chi connectivity index (χ4v) is 3.39. The predicted octanol–water partition coefficient (Wildman–Crippen LogP) is 2.12. The van der Waals surface area contributed by atoms with Crippen LogP contribution in [0.4, 0.5) is 0 Å². The first-order valence-corrected chi connectivity index (χ1v) is 10.5. The van der Waals surface area contributed by atoms with E-state index < -0.39 is 10.0 Å². The number of methoxy groups -OCH3 is 1. The van der Waals surface area contributed by atoms with Crippen molar-refractivity contribution in [2.45, 2.75) is 19.9 Å². The van der Waals surface area contributed by atoms with Gasteiger partial charge in [-0.3, -0.25) is 4.79 Å². The van der Waals surface area contributed by atoms with Crippen molar-refractivity contribution < 1.29 is 17.9 Å². The second kappa shape index (κ2) is 9.53. The van der Waals surface area contributed by atoms with Crippen LogP contribution in [0.3, 0.4) is 0 Å². The van der Waals surface area contributed by atoms with Gasteiger partial charge in [-0.15, -0.1) is 0 Å². The fourth-order valence-electron chi connectivity index (χ4n) is 2.66. The molecule has 0 radical (unpaired) electrons. The Labute approximate surface area is 161 Å². The van der Waals surface area contributed by atoms with Gasteiger partial charge in [0, 0.05) is 13.1 Å². The first-order chi connectivity index (χ1) is 12.8. The van der Waals surface area contributed by atoms with Gasteiger partial charge in [-0.2, -0.15) is 4.31 Å². The number of nitrogens with one attached hydrogen (secondary N) is 1. The first-order valence-electron chi connectivity index (χ1n) is 8.68. The number of sulfonamides is 1. The van der Waals surface area contributed by atoms with Crippen LogP contribution in [0.2, 0.25) is 0 Å². The van der Waals surface area contributed by atoms with Gasteiger partial charge in [-0.1, -0.05) is 42.0 Å². The fraction of sp³-hybridized carbons (Fsp3) is 0.350. The summed E-state index contributed by atoms with van der Waals surface area (Å²) in [6, 6.07) is 15.2. The van der Waals surface area contributed by atoms with Crippen molar-refractivity contribution >= 4 is 15.9 Å². The largest absolute Gasteiger partial charge is 0.497 e. The van der Waals surface area contributed by atoms with Crippen molar-refractivity contribution in [1.82, 2.24) is 9.62 Å². The second-order valence-electron chi connectivity index (χ2n) is 6.47. The maximum absolute atomic E-state index is 12.2. The van der Waals surface area contributed by atoms with E-state index in [0.29, 0.717) is 13.0 Å². The molecule has 7 heteroatoms. The molecule has 0 spiro atoms. The molecule has 0 aliphatic rings. The number of rotatable bonds is 9. The Kier molecular flexibility index (Phi) is 7.38. The molecule has 2 aromatic rings. The smallest absolute Gasteiger partial charge is 0.235 e. The molecule has 0 heterocycles. The Bertz CT molecular complexity index is 864. The molecule has 0 bridgehead atoms. The topological polar surface area (TPSA) is 75.7 Å². The molecular weight excluding hydrogens is 364 g/mol. The van der Waals surface area contributed by atoms with E-state index in [1.54, 1.807) is 7.11 Å². The Balaban J connectivity index is 1.89. The zero-order valence-electron chi connectivity index (χ0n) is 15.9. The highest BCUT2D eigenvalue weighted by molar-refractivity contribution is 7.88. The molecule has 2 rings (SSSR count). The number of carbonyl (C=O) groups excluding carboxylic acids is 1. The molecule has 0 aliphatic heterocycles. The molecule has 0 saturated carbocycles. The Hall–Kier alpha value is -2.38. The summed E-state index contributed by atoms with van der Waals surface area (Å²) in [5.41, 5.74) is 2.96. The van der Waals surface area contributed by atoms with E-state index in [1.165, 1.54) is 4.31 Å². The van der Waals surface area contributed by atoms with Gasteiger partial charge in [0.05, 0.1) is 19.9 Å². The first kappa shape index (κ1) is 20.9. The molecule has 1 amide bonds. The molecule has 1 N–H and O–H groups in total. The van der Waals surface area contributed by atoms with Crippen LogP contribution in [-0.2, 0) is 27.8 Å². The summed E-state index contributed by atoms with van der Waals surface area (Å²) in [5.74, 6) is 0.462. The van der Waals surface area contributed by atoms with Crippen LogP contribution in [0.25, 0.3) is 0 Å². The molecule has 0 aliphatic carbocycles. The lowest BCUT2D eigenvalue weighted by atomic mass is 10.1. The number of hydrogen-bond acceptors (Lipinski definition) is 4. The molecule has 0 aromatic heterocycles. The lowest BCUT2D eigenvalue weighted by molar-refractivity contribution is -0.121. The summed E-state index contributed by atoms with van der Waals surface area (Å²) in [6.07, 6.45) is 1.78. The molecule has 146 valence electrons. The van der Waals surface area contributed by atoms with E-state index in [4.69, 9.17) is 4.74 Å². The van der Waals surface area contributed by atoms with Crippen LogP contribution in [0.15, 0.2) is 48.5 Å². The number of aryl methyl sites for hydroxylation is 1. The van der Waals surface area contributed by atoms with Crippen molar-refractivity contribution in [3.63, 3.8) is 0 Å². The van der Waals surface area contributed by atoms with E-state index >= 15 is 0 Å². The molecule has 6 nitrogen and oxygen atoms in total. The van der Waals surface area contributed by atoms with Crippen molar-refractivity contribution in [3.8, 4) is 5.75 Å². The third-order valence-electron chi connectivity index (χ3n) is 4.13. The molecule has 27 heavy (non-hydrogen) atoms. The van der Waals surface area contributed by atoms with Crippen LogP contribution < -0.4 is 10.1 Å². The lowest BCUT2D eigenvalue weighted by Gasteiger charge is -2.20. The van der Waals surface area contributed by atoms with E-state index in [-0.39, 0.29) is 19.0 Å². The van der Waals surface area contributed by atoms with Crippen LogP contribution in [-0.4, -0.2) is 45.1 Å². The summed E-state index contributed by atoms with van der Waals surface area (Å²) in [4.78, 5) is 12.2. The second-order valence-corrected chi connectivity index (χ2v) is 8.45. The summed E-state index contributed by atoms with van der Waals surface area (Å²) < 4.78 is 30.4. The zero-order chi connectivity index (χ0) is 19.9. The maximum atomic E-state index is 12.2. The predicted molar refractivity (Wildman–Crippen MR) is 106 cm³/mol. The normalized spacial score (nSPS) is 11.4. The minimum atomic E-state index is -3.50. The number of nitrogens with zero attached hydrogens (tertiary/aromatic N) is 1. The highest BCUT2D eigenvalue weighted by atomic mass is 32.2. The summed E-state index contributed by atoms with van der Waals surface area (Å²) >= 11 is 0. The quantitative estimate of drug-likeness (QED) is 0.712. The third kappa shape index (κ3) is 7.03. The van der Waals surface area contributed by atoms with Gasteiger partial charge in [-0.25, -0.2) is 8.42 Å². The summed E-state index contributed by atoms with van der Waals surface area (Å²) in [7, 11) is -1.89. The number of carbonyl (C=O) groups is 1. The summed E-state index contributed by atoms with van der Waals surface area (Å²) in [6.45, 7) is 2.36. The standard InChI is InChI=1S/C20H26N2O4S/c1-16-5-4-6-18(13-16)14-22(27(3,24)25)15-20(23)21-12-11-17-7-9-19(26-2)10-8-17/h4-10,13H,11-12,14-15H2,1-3H3,(H,21,23). The highest BCUT2D eigenvalue weighted by Gasteiger charge is 2.20. The molecule has 2 aromatic carbocycles. The zero-order valence-corrected chi connectivity index (χ0v) is 16.8. The van der Waals surface area contributed by atoms with Gasteiger partial charge >= 0.3 is 0 Å². The van der Waals surface area contributed by atoms with Crippen LogP contribution in [0.1, 0.15) is 16.7 Å². The summed E-state index contributed by atoms with van der Waals surface area (Å²) in [5, 5.41) is 2.78. The average molecular weight is 391 g/mol. The van der Waals surface area contributed by atoms with Crippen molar-refractivity contribution in [2.75, 3.05) is 26.5 Å². The molecule has 0 fully saturated rings. The van der Waals surface area contributed by atoms with Gasteiger partial charge in [0.25, 0.3) is 0 Å². The number of ether oxygens (including phenoxy) is 1. The average Bonchev–Trinajstić information content (AvgIpc) is 2.61. The van der Waals surface area contributed by atoms with Gasteiger partial charge in [0.15, 0.2) is 0 Å². The monoisotopic (exact) mass is 390 g/mol. The van der Waals surface area contributed by atoms with Gasteiger partial charge in [0.1, 0.15) is 5.75 Å². The van der Waals surface area contributed by atoms with Crippen molar-refractivity contribution in [2.24, 2.45) is 0 Å². The molecule has 0 saturated heterocycles. The van der Waals surface area contributed by atoms with Crippen molar-refractivity contribution in [1.29, 1.82) is 0 Å². The lowest BCUT2D eigenvalue weighted by Crippen LogP contribution is -2.40. The minimum Gasteiger partial charge on any atom is -0.497 e. The third-order valence-corrected chi connectivity index (χ3v) is 5.32. The van der Waals surface area contributed by atoms with Gasteiger partial charge in [0.2, 0.25) is 15.9 Å². The number of hydrogen-bond donors (Lipinski definition) is 1. The van der Waals surface area contributed by atoms with Gasteiger partial charge in [-0.05, 0) is 36.6 Å². The SMILES string of the molecule is COc1ccc(CCNC(=O)CN(Cc2cccc(C)c2)S(C)(=O)=O)cc1. The number of amides is 1. The van der Waals surface area contributed by atoms with E-state index in [0.717, 1.165) is 28.7 Å².